The summed E-state index contributed by atoms with van der Waals surface area (Å²) >= 11 is 0. The Balaban J connectivity index is 1.88. The summed E-state index contributed by atoms with van der Waals surface area (Å²) in [5.74, 6) is -2.37. The van der Waals surface area contributed by atoms with Crippen LogP contribution in [0.15, 0.2) is 42.5 Å². The molecule has 0 spiro atoms. The van der Waals surface area contributed by atoms with Crippen molar-refractivity contribution < 1.29 is 23.1 Å². The predicted molar refractivity (Wildman–Crippen MR) is 90.3 cm³/mol. The van der Waals surface area contributed by atoms with Crippen LogP contribution in [-0.4, -0.2) is 18.5 Å². The molecule has 0 atom stereocenters. The lowest BCUT2D eigenvalue weighted by Crippen LogP contribution is -2.21. The number of anilines is 1. The van der Waals surface area contributed by atoms with Gasteiger partial charge in [0.2, 0.25) is 0 Å². The van der Waals surface area contributed by atoms with Gasteiger partial charge < -0.3 is 10.1 Å². The lowest BCUT2D eigenvalue weighted by molar-refractivity contribution is -0.119. The first-order valence-electron chi connectivity index (χ1n) is 7.86. The van der Waals surface area contributed by atoms with Gasteiger partial charge in [-0.15, -0.1) is 0 Å². The Kier molecular flexibility index (Phi) is 6.22. The van der Waals surface area contributed by atoms with Crippen molar-refractivity contribution in [2.75, 3.05) is 11.9 Å². The maximum Gasteiger partial charge on any atom is 0.338 e. The molecule has 25 heavy (non-hydrogen) atoms. The topological polar surface area (TPSA) is 55.4 Å². The van der Waals surface area contributed by atoms with Crippen LogP contribution in [0.4, 0.5) is 14.5 Å². The number of nitrogens with one attached hydrogen (secondary N) is 1. The zero-order valence-electron chi connectivity index (χ0n) is 14.0. The smallest absolute Gasteiger partial charge is 0.338 e. The van der Waals surface area contributed by atoms with Crippen LogP contribution in [0, 0.1) is 17.6 Å². The van der Waals surface area contributed by atoms with Crippen molar-refractivity contribution in [2.45, 2.75) is 20.3 Å². The maximum absolute atomic E-state index is 13.4. The molecule has 0 unspecified atom stereocenters. The fourth-order valence-electron chi connectivity index (χ4n) is 2.24. The Bertz CT molecular complexity index is 758. The van der Waals surface area contributed by atoms with E-state index in [0.29, 0.717) is 11.5 Å². The second-order valence-electron chi connectivity index (χ2n) is 6.04. The summed E-state index contributed by atoms with van der Waals surface area (Å²) in [6.07, 6.45) is 0.900. The summed E-state index contributed by atoms with van der Waals surface area (Å²) in [5.41, 5.74) is 1.11. The van der Waals surface area contributed by atoms with Gasteiger partial charge in [0.1, 0.15) is 11.6 Å². The molecule has 0 aliphatic rings. The normalized spacial score (nSPS) is 10.6. The lowest BCUT2D eigenvalue weighted by atomic mass is 10.0. The largest absolute Gasteiger partial charge is 0.452 e. The molecule has 2 aromatic rings. The minimum atomic E-state index is -0.776. The molecule has 6 heteroatoms. The van der Waals surface area contributed by atoms with Crippen LogP contribution >= 0.6 is 0 Å². The molecule has 4 nitrogen and oxygen atoms in total. The third kappa shape index (κ3) is 5.67. The van der Waals surface area contributed by atoms with Gasteiger partial charge in [0, 0.05) is 6.07 Å². The van der Waals surface area contributed by atoms with Crippen molar-refractivity contribution in [3.63, 3.8) is 0 Å². The molecule has 132 valence electrons. The summed E-state index contributed by atoms with van der Waals surface area (Å²) < 4.78 is 31.4. The van der Waals surface area contributed by atoms with Crippen LogP contribution in [0.25, 0.3) is 0 Å². The van der Waals surface area contributed by atoms with Gasteiger partial charge in [-0.1, -0.05) is 26.0 Å². The first-order chi connectivity index (χ1) is 11.8. The predicted octanol–water partition coefficient (Wildman–Crippen LogP) is 3.96. The van der Waals surface area contributed by atoms with E-state index < -0.39 is 30.1 Å². The van der Waals surface area contributed by atoms with E-state index in [-0.39, 0.29) is 5.69 Å². The van der Waals surface area contributed by atoms with E-state index in [0.717, 1.165) is 30.2 Å². The molecule has 0 aromatic heterocycles. The van der Waals surface area contributed by atoms with E-state index >= 15 is 0 Å². The number of carbonyl (C=O) groups excluding carboxylic acids is 2. The third-order valence-electron chi connectivity index (χ3n) is 3.37. The highest BCUT2D eigenvalue weighted by Gasteiger charge is 2.12. The molecular weight excluding hydrogens is 328 g/mol. The number of halogens is 2. The molecule has 0 saturated heterocycles. The first-order valence-corrected chi connectivity index (χ1v) is 7.86. The van der Waals surface area contributed by atoms with Crippen LogP contribution in [-0.2, 0) is 16.0 Å². The standard InChI is InChI=1S/C19H19F2NO3/c1-12(2)9-13-3-5-14(6-4-13)19(24)25-11-18(23)22-17-10-15(20)7-8-16(17)21/h3-8,10,12H,9,11H2,1-2H3,(H,22,23). The summed E-state index contributed by atoms with van der Waals surface area (Å²) in [7, 11) is 0. The molecule has 1 N–H and O–H groups in total. The second-order valence-corrected chi connectivity index (χ2v) is 6.04. The molecule has 0 fully saturated rings. The highest BCUT2D eigenvalue weighted by atomic mass is 19.1. The Hall–Kier alpha value is -2.76. The van der Waals surface area contributed by atoms with E-state index in [1.807, 2.05) is 12.1 Å². The van der Waals surface area contributed by atoms with Crippen molar-refractivity contribution in [2.24, 2.45) is 5.92 Å². The number of esters is 1. The summed E-state index contributed by atoms with van der Waals surface area (Å²) in [4.78, 5) is 23.6. The summed E-state index contributed by atoms with van der Waals surface area (Å²) in [6, 6.07) is 9.61. The average Bonchev–Trinajstić information content (AvgIpc) is 2.56. The van der Waals surface area contributed by atoms with Gasteiger partial charge in [-0.25, -0.2) is 13.6 Å². The fourth-order valence-corrected chi connectivity index (χ4v) is 2.24. The third-order valence-corrected chi connectivity index (χ3v) is 3.37. The SMILES string of the molecule is CC(C)Cc1ccc(C(=O)OCC(=O)Nc2cc(F)ccc2F)cc1. The van der Waals surface area contributed by atoms with Gasteiger partial charge in [0.15, 0.2) is 6.61 Å². The van der Waals surface area contributed by atoms with E-state index in [4.69, 9.17) is 4.74 Å². The number of benzene rings is 2. The van der Waals surface area contributed by atoms with Crippen molar-refractivity contribution in [3.05, 3.63) is 65.2 Å². The van der Waals surface area contributed by atoms with E-state index in [1.54, 1.807) is 12.1 Å². The Morgan fingerprint density at radius 1 is 1.08 bits per heavy atom. The van der Waals surface area contributed by atoms with E-state index in [2.05, 4.69) is 19.2 Å². The average molecular weight is 347 g/mol. The molecule has 0 saturated carbocycles. The monoisotopic (exact) mass is 347 g/mol. The Morgan fingerprint density at radius 2 is 1.76 bits per heavy atom. The van der Waals surface area contributed by atoms with Crippen LogP contribution < -0.4 is 5.32 Å². The molecule has 2 aromatic carbocycles. The molecule has 2 rings (SSSR count). The molecule has 1 amide bonds. The van der Waals surface area contributed by atoms with Gasteiger partial charge in [-0.3, -0.25) is 4.79 Å². The minimum absolute atomic E-state index is 0.306. The summed E-state index contributed by atoms with van der Waals surface area (Å²) in [5, 5.41) is 2.16. The number of hydrogen-bond acceptors (Lipinski definition) is 3. The van der Waals surface area contributed by atoms with Crippen molar-refractivity contribution in [1.29, 1.82) is 0 Å². The van der Waals surface area contributed by atoms with Gasteiger partial charge in [0.25, 0.3) is 5.91 Å². The Morgan fingerprint density at radius 3 is 2.40 bits per heavy atom. The second kappa shape index (κ2) is 8.37. The molecule has 0 aliphatic carbocycles. The van der Waals surface area contributed by atoms with Crippen molar-refractivity contribution in [1.82, 2.24) is 0 Å². The van der Waals surface area contributed by atoms with E-state index in [1.165, 1.54) is 0 Å². The van der Waals surface area contributed by atoms with Crippen molar-refractivity contribution >= 4 is 17.6 Å². The zero-order valence-corrected chi connectivity index (χ0v) is 14.0. The van der Waals surface area contributed by atoms with Crippen LogP contribution in [0.1, 0.15) is 29.8 Å². The quantitative estimate of drug-likeness (QED) is 0.805. The van der Waals surface area contributed by atoms with Gasteiger partial charge in [-0.05, 0) is 42.2 Å². The highest BCUT2D eigenvalue weighted by Crippen LogP contribution is 2.15. The number of hydrogen-bond donors (Lipinski definition) is 1. The van der Waals surface area contributed by atoms with Gasteiger partial charge in [0.05, 0.1) is 11.3 Å². The van der Waals surface area contributed by atoms with Crippen LogP contribution in [0.3, 0.4) is 0 Å². The molecule has 0 radical (unpaired) electrons. The van der Waals surface area contributed by atoms with Crippen LogP contribution in [0.2, 0.25) is 0 Å². The molecule has 0 aliphatic heterocycles. The first kappa shape index (κ1) is 18.6. The molecular formula is C19H19F2NO3. The molecule has 0 bridgehead atoms. The lowest BCUT2D eigenvalue weighted by Gasteiger charge is -2.08. The fraction of sp³-hybridized carbons (Fsp3) is 0.263. The number of amides is 1. The number of ether oxygens (including phenoxy) is 1. The van der Waals surface area contributed by atoms with Crippen molar-refractivity contribution in [3.8, 4) is 0 Å². The zero-order chi connectivity index (χ0) is 18.4. The van der Waals surface area contributed by atoms with E-state index in [9.17, 15) is 18.4 Å². The molecule has 0 heterocycles. The minimum Gasteiger partial charge on any atom is -0.452 e. The Labute approximate surface area is 144 Å². The number of carbonyl (C=O) groups is 2. The maximum atomic E-state index is 13.4. The number of rotatable bonds is 6. The summed E-state index contributed by atoms with van der Waals surface area (Å²) in [6.45, 7) is 3.60. The van der Waals surface area contributed by atoms with Gasteiger partial charge >= 0.3 is 5.97 Å². The van der Waals surface area contributed by atoms with Crippen LogP contribution in [0.5, 0.6) is 0 Å². The van der Waals surface area contributed by atoms with Gasteiger partial charge in [-0.2, -0.15) is 0 Å². The highest BCUT2D eigenvalue weighted by molar-refractivity contribution is 5.95.